The fourth-order valence-electron chi connectivity index (χ4n) is 4.43. The summed E-state index contributed by atoms with van der Waals surface area (Å²) in [5.41, 5.74) is 4.12. The second-order valence-corrected chi connectivity index (χ2v) is 8.36. The van der Waals surface area contributed by atoms with Gasteiger partial charge in [0.1, 0.15) is 0 Å². The smallest absolute Gasteiger partial charge is 0.229 e. The van der Waals surface area contributed by atoms with Gasteiger partial charge in [0.15, 0.2) is 0 Å². The highest BCUT2D eigenvalue weighted by Gasteiger charge is 2.28. The Labute approximate surface area is 177 Å². The quantitative estimate of drug-likeness (QED) is 0.679. The van der Waals surface area contributed by atoms with Gasteiger partial charge in [-0.3, -0.25) is 9.59 Å². The van der Waals surface area contributed by atoms with Gasteiger partial charge in [0.2, 0.25) is 11.8 Å². The summed E-state index contributed by atoms with van der Waals surface area (Å²) in [6.45, 7) is 5.26. The third-order valence-corrected chi connectivity index (χ3v) is 5.86. The van der Waals surface area contributed by atoms with Crippen molar-refractivity contribution in [2.75, 3.05) is 18.4 Å². The van der Waals surface area contributed by atoms with Crippen molar-refractivity contribution >= 4 is 28.3 Å². The molecule has 1 N–H and O–H groups in total. The molecule has 4 rings (SSSR count). The Morgan fingerprint density at radius 3 is 2.53 bits per heavy atom. The van der Waals surface area contributed by atoms with Crippen molar-refractivity contribution in [3.8, 4) is 0 Å². The van der Waals surface area contributed by atoms with Crippen LogP contribution in [0.15, 0.2) is 60.7 Å². The van der Waals surface area contributed by atoms with Crippen molar-refractivity contribution in [2.45, 2.75) is 33.1 Å². The van der Waals surface area contributed by atoms with Crippen molar-refractivity contribution in [3.05, 3.63) is 77.4 Å². The fraction of sp³-hybridized carbons (Fsp3) is 0.308. The third-order valence-electron chi connectivity index (χ3n) is 5.86. The lowest BCUT2D eigenvalue weighted by Gasteiger charge is -2.32. The van der Waals surface area contributed by atoms with E-state index in [1.165, 1.54) is 0 Å². The monoisotopic (exact) mass is 400 g/mol. The van der Waals surface area contributed by atoms with Crippen LogP contribution in [0, 0.1) is 19.8 Å². The Kier molecular flexibility index (Phi) is 5.84. The van der Waals surface area contributed by atoms with Crippen LogP contribution in [0.4, 0.5) is 5.69 Å². The van der Waals surface area contributed by atoms with E-state index in [1.54, 1.807) is 0 Å². The summed E-state index contributed by atoms with van der Waals surface area (Å²) in [6.07, 6.45) is 2.04. The molecule has 3 aromatic rings. The van der Waals surface area contributed by atoms with Crippen LogP contribution >= 0.6 is 0 Å². The normalized spacial score (nSPS) is 16.5. The molecule has 0 aliphatic carbocycles. The molecule has 1 saturated heterocycles. The van der Waals surface area contributed by atoms with Crippen LogP contribution in [0.25, 0.3) is 10.8 Å². The van der Waals surface area contributed by atoms with Gasteiger partial charge in [0, 0.05) is 18.8 Å². The number of carbonyl (C=O) groups excluding carboxylic acids is 2. The zero-order valence-electron chi connectivity index (χ0n) is 17.7. The van der Waals surface area contributed by atoms with Gasteiger partial charge in [-0.25, -0.2) is 0 Å². The Hall–Kier alpha value is -3.14. The molecule has 0 bridgehead atoms. The molecule has 0 saturated carbocycles. The molecular formula is C26H28N2O2. The number of hydrogen-bond donors (Lipinski definition) is 1. The second-order valence-electron chi connectivity index (χ2n) is 8.36. The van der Waals surface area contributed by atoms with Crippen molar-refractivity contribution in [1.29, 1.82) is 0 Å². The molecule has 0 aromatic heterocycles. The van der Waals surface area contributed by atoms with Crippen molar-refractivity contribution in [1.82, 2.24) is 4.90 Å². The Bertz CT molecular complexity index is 1060. The number of likely N-dealkylation sites (tertiary alicyclic amines) is 1. The van der Waals surface area contributed by atoms with E-state index in [2.05, 4.69) is 29.6 Å². The van der Waals surface area contributed by atoms with Gasteiger partial charge in [-0.1, -0.05) is 48.5 Å². The fourth-order valence-corrected chi connectivity index (χ4v) is 4.43. The Morgan fingerprint density at radius 1 is 1.00 bits per heavy atom. The van der Waals surface area contributed by atoms with Gasteiger partial charge in [-0.2, -0.15) is 0 Å². The minimum absolute atomic E-state index is 0.00246. The molecule has 0 radical (unpaired) electrons. The van der Waals surface area contributed by atoms with Crippen LogP contribution in [-0.2, 0) is 16.0 Å². The Morgan fingerprint density at radius 2 is 1.73 bits per heavy atom. The number of anilines is 1. The number of amides is 2. The summed E-state index contributed by atoms with van der Waals surface area (Å²) < 4.78 is 0. The number of nitrogens with one attached hydrogen (secondary N) is 1. The lowest BCUT2D eigenvalue weighted by molar-refractivity contribution is -0.133. The third kappa shape index (κ3) is 4.54. The van der Waals surface area contributed by atoms with Crippen molar-refractivity contribution in [3.63, 3.8) is 0 Å². The van der Waals surface area contributed by atoms with Crippen molar-refractivity contribution in [2.24, 2.45) is 5.92 Å². The lowest BCUT2D eigenvalue weighted by Crippen LogP contribution is -2.44. The van der Waals surface area contributed by atoms with Crippen molar-refractivity contribution < 1.29 is 9.59 Å². The molecular weight excluding hydrogens is 372 g/mol. The minimum atomic E-state index is -0.170. The van der Waals surface area contributed by atoms with E-state index in [1.807, 2.05) is 55.1 Å². The topological polar surface area (TPSA) is 49.4 Å². The molecule has 4 nitrogen and oxygen atoms in total. The van der Waals surface area contributed by atoms with Gasteiger partial charge in [0.05, 0.1) is 12.3 Å². The first kappa shape index (κ1) is 20.1. The highest BCUT2D eigenvalue weighted by atomic mass is 16.2. The number of hydrogen-bond acceptors (Lipinski definition) is 2. The summed E-state index contributed by atoms with van der Waals surface area (Å²) in [5.74, 6) is -0.0750. The van der Waals surface area contributed by atoms with Gasteiger partial charge >= 0.3 is 0 Å². The number of nitrogens with zero attached hydrogens (tertiary/aromatic N) is 1. The van der Waals surface area contributed by atoms with Crippen LogP contribution in [0.1, 0.15) is 29.5 Å². The summed E-state index contributed by atoms with van der Waals surface area (Å²) in [4.78, 5) is 27.7. The van der Waals surface area contributed by atoms with Crippen LogP contribution in [0.5, 0.6) is 0 Å². The van der Waals surface area contributed by atoms with Crippen LogP contribution < -0.4 is 5.32 Å². The SMILES string of the molecule is Cc1cc(C)cc(NC(=O)C2CCCN(C(=O)Cc3cccc4ccccc34)C2)c1. The number of benzene rings is 3. The van der Waals surface area contributed by atoms with Crippen LogP contribution in [0.2, 0.25) is 0 Å². The summed E-state index contributed by atoms with van der Waals surface area (Å²) in [5, 5.41) is 5.32. The molecule has 1 unspecified atom stereocenters. The van der Waals surface area contributed by atoms with Gasteiger partial charge in [-0.15, -0.1) is 0 Å². The number of carbonyl (C=O) groups is 2. The molecule has 0 spiro atoms. The largest absolute Gasteiger partial charge is 0.342 e. The maximum absolute atomic E-state index is 13.0. The molecule has 1 aliphatic rings. The average molecular weight is 401 g/mol. The minimum Gasteiger partial charge on any atom is -0.342 e. The van der Waals surface area contributed by atoms with Gasteiger partial charge < -0.3 is 10.2 Å². The maximum atomic E-state index is 13.0. The molecule has 1 heterocycles. The standard InChI is InChI=1S/C26H28N2O2/c1-18-13-19(2)15-23(14-18)27-26(30)22-10-6-12-28(17-22)25(29)16-21-9-5-8-20-7-3-4-11-24(20)21/h3-5,7-9,11,13-15,22H,6,10,12,16-17H2,1-2H3,(H,27,30). The highest BCUT2D eigenvalue weighted by molar-refractivity contribution is 5.94. The molecule has 30 heavy (non-hydrogen) atoms. The van der Waals surface area contributed by atoms with Gasteiger partial charge in [-0.05, 0) is 66.3 Å². The molecule has 3 aromatic carbocycles. The number of aryl methyl sites for hydroxylation is 2. The lowest BCUT2D eigenvalue weighted by atomic mass is 9.95. The second kappa shape index (κ2) is 8.70. The van der Waals surface area contributed by atoms with Crippen LogP contribution in [0.3, 0.4) is 0 Å². The molecule has 1 atom stereocenters. The predicted molar refractivity (Wildman–Crippen MR) is 122 cm³/mol. The summed E-state index contributed by atoms with van der Waals surface area (Å²) >= 11 is 0. The van der Waals surface area contributed by atoms with E-state index in [4.69, 9.17) is 0 Å². The zero-order chi connectivity index (χ0) is 21.1. The molecule has 1 aliphatic heterocycles. The first-order valence-electron chi connectivity index (χ1n) is 10.6. The van der Waals surface area contributed by atoms with E-state index in [9.17, 15) is 9.59 Å². The Balaban J connectivity index is 1.42. The molecule has 4 heteroatoms. The van der Waals surface area contributed by atoms with E-state index < -0.39 is 0 Å². The van der Waals surface area contributed by atoms with E-state index in [-0.39, 0.29) is 17.7 Å². The van der Waals surface area contributed by atoms with Gasteiger partial charge in [0.25, 0.3) is 0 Å². The first-order valence-corrected chi connectivity index (χ1v) is 10.6. The first-order chi connectivity index (χ1) is 14.5. The molecule has 1 fully saturated rings. The zero-order valence-corrected chi connectivity index (χ0v) is 17.7. The maximum Gasteiger partial charge on any atom is 0.229 e. The molecule has 2 amide bonds. The summed E-state index contributed by atoms with van der Waals surface area (Å²) in [7, 11) is 0. The number of piperidine rings is 1. The number of fused-ring (bicyclic) bond motifs is 1. The van der Waals surface area contributed by atoms with Crippen LogP contribution in [-0.4, -0.2) is 29.8 Å². The number of rotatable bonds is 4. The van der Waals surface area contributed by atoms with E-state index in [0.717, 1.165) is 52.5 Å². The van der Waals surface area contributed by atoms with E-state index in [0.29, 0.717) is 13.0 Å². The molecule has 154 valence electrons. The summed E-state index contributed by atoms with van der Waals surface area (Å²) in [6, 6.07) is 20.3. The highest BCUT2D eigenvalue weighted by Crippen LogP contribution is 2.23. The average Bonchev–Trinajstić information content (AvgIpc) is 2.73. The predicted octanol–water partition coefficient (Wildman–Crippen LogP) is 4.88. The van der Waals surface area contributed by atoms with E-state index >= 15 is 0 Å².